The fourth-order valence-electron chi connectivity index (χ4n) is 12.4. The molecule has 0 saturated carbocycles. The van der Waals surface area contributed by atoms with E-state index in [0.29, 0.717) is 107 Å². The van der Waals surface area contributed by atoms with E-state index in [0.717, 1.165) is 72.4 Å². The van der Waals surface area contributed by atoms with Crippen molar-refractivity contribution in [2.45, 2.75) is 128 Å². The molecule has 0 spiro atoms. The Hall–Kier alpha value is -9.84. The highest BCUT2D eigenvalue weighted by molar-refractivity contribution is 6.25. The lowest BCUT2D eigenvalue weighted by Crippen LogP contribution is -2.27. The van der Waals surface area contributed by atoms with E-state index in [-0.39, 0.29) is 68.8 Å². The minimum absolute atomic E-state index is 0.0916. The van der Waals surface area contributed by atoms with Gasteiger partial charge in [0.05, 0.1) is 90.7 Å². The molecule has 1 unspecified atom stereocenters. The van der Waals surface area contributed by atoms with Crippen molar-refractivity contribution in [3.63, 3.8) is 0 Å². The summed E-state index contributed by atoms with van der Waals surface area (Å²) in [7, 11) is 0. The molecule has 2 aromatic heterocycles. The average molecular weight is 1160 g/mol. The number of aromatic amines is 2. The van der Waals surface area contributed by atoms with Gasteiger partial charge in [0.2, 0.25) is 0 Å². The highest BCUT2D eigenvalue weighted by Crippen LogP contribution is 2.40. The molecule has 8 aliphatic rings. The van der Waals surface area contributed by atoms with Gasteiger partial charge in [-0.05, 0) is 216 Å². The van der Waals surface area contributed by atoms with Crippen molar-refractivity contribution in [2.24, 2.45) is 35.9 Å². The van der Waals surface area contributed by atoms with Gasteiger partial charge in [0.25, 0.3) is 0 Å². The van der Waals surface area contributed by atoms with Gasteiger partial charge in [0.1, 0.15) is 0 Å². The van der Waals surface area contributed by atoms with Crippen LogP contribution < -0.4 is 21.1 Å². The van der Waals surface area contributed by atoms with Crippen LogP contribution in [-0.2, 0) is 19.2 Å². The van der Waals surface area contributed by atoms with Gasteiger partial charge < -0.3 is 40.6 Å². The van der Waals surface area contributed by atoms with E-state index in [1.807, 2.05) is 110 Å². The molecule has 16 bridgehead atoms. The van der Waals surface area contributed by atoms with Crippen LogP contribution in [0.3, 0.4) is 0 Å². The zero-order valence-corrected chi connectivity index (χ0v) is 50.0. The molecule has 0 radical (unpaired) electrons. The number of nitrogens with one attached hydrogen (secondary N) is 2. The van der Waals surface area contributed by atoms with Crippen molar-refractivity contribution in [3.8, 4) is 0 Å². The number of aromatic nitrogens is 2. The first-order valence-electron chi connectivity index (χ1n) is 28.6. The minimum Gasteiger partial charge on any atom is -0.512 e. The van der Waals surface area contributed by atoms with Crippen molar-refractivity contribution in [2.75, 3.05) is 0 Å². The molecule has 10 rings (SSSR count). The standard InChI is InChI=1S/C68H68N8O10/c1-30(66-36(7)53-27-61-68(40(11)78)38(9)52(76-61)23-47-33(4)43(15-19-63(81)82)56(70-47)29-58-45(17-21-65(85)86)35(6)49(73-58)25-59(66)74-53)12-13-41-31(2)50-26-60-67(39(10)77)37(8)51(75-60)22-46-32(3)42(14-18-62(79)80)55(69-46)28-57-44(16-20-64(83)84)34(5)48(71-57)24-54(41)72-50/h12-13,22-30,75-78H,14-21H2,1-11H3,(H,79,80)(H,81,82)(H,83,84)(H,85,86)/b13-12+,46-22?,47-23?,54-24?,57-28?,58-29?,59-25?,60-26?,61-27?,67-39+,68-40+. The fourth-order valence-corrected chi connectivity index (χ4v) is 12.4. The van der Waals surface area contributed by atoms with Crippen molar-refractivity contribution in [1.82, 2.24) is 9.97 Å². The summed E-state index contributed by atoms with van der Waals surface area (Å²) in [5.41, 5.74) is 19.1. The van der Waals surface area contributed by atoms with E-state index in [9.17, 15) is 49.8 Å². The monoisotopic (exact) mass is 1160 g/mol. The van der Waals surface area contributed by atoms with Gasteiger partial charge in [-0.1, -0.05) is 19.1 Å². The van der Waals surface area contributed by atoms with Crippen LogP contribution in [0.25, 0.3) is 35.8 Å². The van der Waals surface area contributed by atoms with Crippen LogP contribution in [0.15, 0.2) is 167 Å². The normalized spacial score (nSPS) is 19.3. The van der Waals surface area contributed by atoms with E-state index >= 15 is 0 Å². The molecule has 8 aliphatic heterocycles. The Morgan fingerprint density at radius 2 is 0.767 bits per heavy atom. The summed E-state index contributed by atoms with van der Waals surface area (Å²) in [5.74, 6) is -4.01. The second-order valence-corrected chi connectivity index (χ2v) is 22.7. The number of allylic oxidation sites excluding steroid dienone is 17. The van der Waals surface area contributed by atoms with E-state index in [2.05, 4.69) is 23.0 Å². The summed E-state index contributed by atoms with van der Waals surface area (Å²) in [6.45, 7) is 20.7. The molecule has 8 N–H and O–H groups in total. The van der Waals surface area contributed by atoms with Crippen LogP contribution in [0.4, 0.5) is 0 Å². The molecule has 2 aromatic rings. The van der Waals surface area contributed by atoms with Crippen LogP contribution in [0.2, 0.25) is 0 Å². The Morgan fingerprint density at radius 3 is 1.19 bits per heavy atom. The molecule has 0 saturated heterocycles. The lowest BCUT2D eigenvalue weighted by atomic mass is 9.91. The summed E-state index contributed by atoms with van der Waals surface area (Å²) in [5, 5.41) is 64.4. The van der Waals surface area contributed by atoms with Gasteiger partial charge in [-0.15, -0.1) is 0 Å². The Kier molecular flexibility index (Phi) is 16.1. The third kappa shape index (κ3) is 11.3. The van der Waals surface area contributed by atoms with Crippen LogP contribution in [0, 0.1) is 19.8 Å². The van der Waals surface area contributed by atoms with Gasteiger partial charge in [-0.3, -0.25) is 19.2 Å². The number of hydrogen-bond donors (Lipinski definition) is 8. The molecular weight excluding hydrogens is 1090 g/mol. The molecule has 0 amide bonds. The van der Waals surface area contributed by atoms with Crippen LogP contribution in [0.5, 0.6) is 0 Å². The van der Waals surface area contributed by atoms with Gasteiger partial charge in [-0.25, -0.2) is 30.0 Å². The van der Waals surface area contributed by atoms with Crippen LogP contribution in [0.1, 0.15) is 136 Å². The van der Waals surface area contributed by atoms with E-state index in [4.69, 9.17) is 30.0 Å². The fraction of sp³-hybridized carbons (Fsp3) is 0.294. The number of carboxylic acid groups (broad SMARTS) is 4. The third-order valence-corrected chi connectivity index (χ3v) is 17.1. The van der Waals surface area contributed by atoms with Crippen molar-refractivity contribution in [3.05, 3.63) is 181 Å². The molecule has 18 heteroatoms. The van der Waals surface area contributed by atoms with E-state index in [1.54, 1.807) is 13.8 Å². The number of aliphatic carboxylic acids is 4. The van der Waals surface area contributed by atoms with Gasteiger partial charge in [0.15, 0.2) is 0 Å². The largest absolute Gasteiger partial charge is 0.512 e. The first kappa shape index (κ1) is 59.3. The van der Waals surface area contributed by atoms with Crippen LogP contribution in [-0.4, -0.2) is 98.8 Å². The Morgan fingerprint density at radius 1 is 0.419 bits per heavy atom. The maximum absolute atomic E-state index is 12.1. The summed E-state index contributed by atoms with van der Waals surface area (Å²) in [6, 6.07) is 0. The van der Waals surface area contributed by atoms with Crippen LogP contribution >= 0.6 is 0 Å². The second-order valence-electron chi connectivity index (χ2n) is 22.7. The summed E-state index contributed by atoms with van der Waals surface area (Å²) < 4.78 is 0. The van der Waals surface area contributed by atoms with Crippen molar-refractivity contribution in [1.29, 1.82) is 0 Å². The van der Waals surface area contributed by atoms with Gasteiger partial charge in [0, 0.05) is 59.0 Å². The van der Waals surface area contributed by atoms with Crippen molar-refractivity contribution >= 4 is 94.0 Å². The first-order valence-corrected chi connectivity index (χ1v) is 28.6. The number of rotatable bonds is 15. The zero-order chi connectivity index (χ0) is 61.9. The SMILES string of the molecule is CC1=C(/C=C/C(C)C2=C(C)C3=NC2=CC2=NC(=CC4=NC(=Cc5[nH]c(/c(=C(\C)O)c5C)=C3)C(C)=C4CCC(=O)O)C(CCC(=O)O)=C2C)C2=CC3=NC(=CC4=NC(=Cc5[nH]c(/c(=C(\C)O)c5C)=CC1=N2)C(C)=C4CCC(=O)O)C(CCC(=O)O)=C3C. The molecule has 440 valence electrons. The number of carboxylic acids is 4. The number of aliphatic hydroxyl groups is 2. The number of fused-ring (bicyclic) bond motifs is 10. The summed E-state index contributed by atoms with van der Waals surface area (Å²) in [4.78, 5) is 86.2. The molecule has 0 aliphatic carbocycles. The Balaban J connectivity index is 1.15. The molecule has 86 heavy (non-hydrogen) atoms. The van der Waals surface area contributed by atoms with Crippen molar-refractivity contribution < 1.29 is 49.8 Å². The minimum atomic E-state index is -0.970. The predicted molar refractivity (Wildman–Crippen MR) is 337 cm³/mol. The first-order chi connectivity index (χ1) is 40.8. The summed E-state index contributed by atoms with van der Waals surface area (Å²) >= 11 is 0. The quantitative estimate of drug-likeness (QED) is 0.0834. The maximum Gasteiger partial charge on any atom is 0.303 e. The number of aliphatic imine (C=N–C) groups is 6. The molecule has 1 atom stereocenters. The molecule has 0 aromatic carbocycles. The highest BCUT2D eigenvalue weighted by atomic mass is 16.4. The third-order valence-electron chi connectivity index (χ3n) is 17.1. The summed E-state index contributed by atoms with van der Waals surface area (Å²) in [6.07, 6.45) is 19.3. The highest BCUT2D eigenvalue weighted by Gasteiger charge is 2.31. The molecule has 18 nitrogen and oxygen atoms in total. The smallest absolute Gasteiger partial charge is 0.303 e. The topological polar surface area (TPSA) is 295 Å². The van der Waals surface area contributed by atoms with Gasteiger partial charge >= 0.3 is 23.9 Å². The number of aliphatic hydroxyl groups excluding tert-OH is 2. The Bertz CT molecular complexity index is 4450. The predicted octanol–water partition coefficient (Wildman–Crippen LogP) is 10.1. The lowest BCUT2D eigenvalue weighted by Gasteiger charge is -2.12. The number of carbonyl (C=O) groups is 4. The number of nitrogens with zero attached hydrogens (tertiary/aromatic N) is 6. The average Bonchev–Trinajstić information content (AvgIpc) is 3.36. The second kappa shape index (κ2) is 23.3. The molecule has 10 heterocycles. The number of H-pyrrole nitrogens is 2. The zero-order valence-electron chi connectivity index (χ0n) is 50.0. The van der Waals surface area contributed by atoms with Gasteiger partial charge in [-0.2, -0.15) is 0 Å². The lowest BCUT2D eigenvalue weighted by molar-refractivity contribution is -0.137. The molecule has 0 fully saturated rings. The number of hydrogen-bond acceptors (Lipinski definition) is 12. The van der Waals surface area contributed by atoms with E-state index in [1.165, 1.54) is 0 Å². The van der Waals surface area contributed by atoms with E-state index < -0.39 is 23.9 Å². The molecular formula is C68H68N8O10. The Labute approximate surface area is 496 Å². The maximum atomic E-state index is 12.1.